The summed E-state index contributed by atoms with van der Waals surface area (Å²) >= 11 is 5.57. The predicted molar refractivity (Wildman–Crippen MR) is 51.2 cm³/mol. The fourth-order valence-corrected chi connectivity index (χ4v) is 3.50. The molecule has 5 atom stereocenters. The van der Waals surface area contributed by atoms with Crippen LogP contribution in [0, 0.1) is 29.6 Å². The van der Waals surface area contributed by atoms with E-state index in [4.69, 9.17) is 11.6 Å². The van der Waals surface area contributed by atoms with Crippen LogP contribution >= 0.6 is 11.6 Å². The summed E-state index contributed by atoms with van der Waals surface area (Å²) in [6.07, 6.45) is 10.0. The van der Waals surface area contributed by atoms with E-state index in [1.165, 1.54) is 6.42 Å². The monoisotopic (exact) mass is 194 g/mol. The van der Waals surface area contributed by atoms with Crippen LogP contribution in [0.2, 0.25) is 0 Å². The molecule has 1 fully saturated rings. The highest BCUT2D eigenvalue weighted by molar-refractivity contribution is 6.64. The number of carbonyl (C=O) groups excluding carboxylic acids is 1. The lowest BCUT2D eigenvalue weighted by atomic mass is 9.81. The molecule has 68 valence electrons. The summed E-state index contributed by atoms with van der Waals surface area (Å²) in [5.74, 6) is 2.37. The Hall–Kier alpha value is -0.560. The van der Waals surface area contributed by atoms with Crippen LogP contribution in [0.15, 0.2) is 24.3 Å². The smallest absolute Gasteiger partial charge is 0.228 e. The molecule has 5 unspecified atom stereocenters. The molecule has 0 heterocycles. The summed E-state index contributed by atoms with van der Waals surface area (Å²) in [6, 6.07) is 0. The molecule has 13 heavy (non-hydrogen) atoms. The lowest BCUT2D eigenvalue weighted by Gasteiger charge is -2.23. The average Bonchev–Trinajstić information content (AvgIpc) is 2.76. The van der Waals surface area contributed by atoms with Gasteiger partial charge in [0.05, 0.1) is 5.92 Å². The highest BCUT2D eigenvalue weighted by Gasteiger charge is 2.50. The molecule has 1 saturated carbocycles. The Kier molecular flexibility index (Phi) is 1.49. The van der Waals surface area contributed by atoms with Gasteiger partial charge in [-0.1, -0.05) is 24.3 Å². The largest absolute Gasteiger partial charge is 0.281 e. The predicted octanol–water partition coefficient (Wildman–Crippen LogP) is 2.38. The fraction of sp³-hybridized carbons (Fsp3) is 0.545. The van der Waals surface area contributed by atoms with Gasteiger partial charge in [-0.15, -0.1) is 0 Å². The van der Waals surface area contributed by atoms with Crippen molar-refractivity contribution in [2.45, 2.75) is 6.42 Å². The zero-order valence-corrected chi connectivity index (χ0v) is 7.95. The van der Waals surface area contributed by atoms with E-state index < -0.39 is 0 Å². The molecular formula is C11H11ClO. The Morgan fingerprint density at radius 1 is 1.15 bits per heavy atom. The van der Waals surface area contributed by atoms with Gasteiger partial charge in [0.25, 0.3) is 0 Å². The Labute approximate surface area is 82.5 Å². The third-order valence-corrected chi connectivity index (χ3v) is 4.05. The van der Waals surface area contributed by atoms with Crippen LogP contribution in [0.3, 0.4) is 0 Å². The molecule has 0 saturated heterocycles. The van der Waals surface area contributed by atoms with Crippen LogP contribution < -0.4 is 0 Å². The van der Waals surface area contributed by atoms with Crippen LogP contribution in [0.25, 0.3) is 0 Å². The fourth-order valence-electron chi connectivity index (χ4n) is 3.28. The quantitative estimate of drug-likeness (QED) is 0.463. The lowest BCUT2D eigenvalue weighted by molar-refractivity contribution is -0.115. The molecule has 3 aliphatic rings. The molecule has 0 aromatic rings. The van der Waals surface area contributed by atoms with Crippen molar-refractivity contribution >= 4 is 16.8 Å². The zero-order valence-electron chi connectivity index (χ0n) is 7.19. The summed E-state index contributed by atoms with van der Waals surface area (Å²) in [6.45, 7) is 0. The van der Waals surface area contributed by atoms with Crippen molar-refractivity contribution in [2.75, 3.05) is 0 Å². The van der Waals surface area contributed by atoms with Crippen molar-refractivity contribution in [3.05, 3.63) is 24.3 Å². The van der Waals surface area contributed by atoms with Gasteiger partial charge in [-0.25, -0.2) is 0 Å². The first-order valence-corrected chi connectivity index (χ1v) is 5.21. The zero-order chi connectivity index (χ0) is 9.00. The second kappa shape index (κ2) is 2.48. The second-order valence-corrected chi connectivity index (χ2v) is 4.69. The van der Waals surface area contributed by atoms with E-state index in [0.29, 0.717) is 23.7 Å². The number of allylic oxidation sites excluding steroid dienone is 4. The van der Waals surface area contributed by atoms with E-state index in [1.54, 1.807) is 0 Å². The van der Waals surface area contributed by atoms with E-state index in [0.717, 1.165) is 0 Å². The summed E-state index contributed by atoms with van der Waals surface area (Å²) in [5, 5.41) is -0.176. The second-order valence-electron chi connectivity index (χ2n) is 4.32. The maximum absolute atomic E-state index is 11.2. The molecule has 0 amide bonds. The van der Waals surface area contributed by atoms with Crippen molar-refractivity contribution in [3.8, 4) is 0 Å². The van der Waals surface area contributed by atoms with Crippen molar-refractivity contribution < 1.29 is 4.79 Å². The van der Waals surface area contributed by atoms with Crippen LogP contribution in [0.1, 0.15) is 6.42 Å². The van der Waals surface area contributed by atoms with E-state index in [9.17, 15) is 4.79 Å². The van der Waals surface area contributed by atoms with Gasteiger partial charge in [-0.3, -0.25) is 4.79 Å². The van der Waals surface area contributed by atoms with Crippen molar-refractivity contribution in [3.63, 3.8) is 0 Å². The molecule has 0 N–H and O–H groups in total. The molecule has 0 aromatic carbocycles. The minimum atomic E-state index is -0.176. The van der Waals surface area contributed by atoms with Crippen molar-refractivity contribution in [1.82, 2.24) is 0 Å². The third kappa shape index (κ3) is 0.912. The maximum atomic E-state index is 11.2. The Morgan fingerprint density at radius 2 is 1.92 bits per heavy atom. The van der Waals surface area contributed by atoms with Gasteiger partial charge in [0.15, 0.2) is 0 Å². The SMILES string of the molecule is O=C(Cl)C1C=CC2C3C=CC(C3)C12. The molecule has 1 nitrogen and oxygen atoms in total. The average molecular weight is 195 g/mol. The lowest BCUT2D eigenvalue weighted by Crippen LogP contribution is -2.23. The topological polar surface area (TPSA) is 17.1 Å². The number of hydrogen-bond donors (Lipinski definition) is 0. The summed E-state index contributed by atoms with van der Waals surface area (Å²) in [5.41, 5.74) is 0. The highest BCUT2D eigenvalue weighted by atomic mass is 35.5. The minimum Gasteiger partial charge on any atom is -0.281 e. The van der Waals surface area contributed by atoms with Gasteiger partial charge in [-0.2, -0.15) is 0 Å². The summed E-state index contributed by atoms with van der Waals surface area (Å²) < 4.78 is 0. The van der Waals surface area contributed by atoms with Crippen molar-refractivity contribution in [1.29, 1.82) is 0 Å². The third-order valence-electron chi connectivity index (χ3n) is 3.80. The molecule has 0 aromatic heterocycles. The van der Waals surface area contributed by atoms with E-state index in [-0.39, 0.29) is 11.2 Å². The van der Waals surface area contributed by atoms with E-state index in [2.05, 4.69) is 18.2 Å². The number of halogens is 1. The van der Waals surface area contributed by atoms with Gasteiger partial charge >= 0.3 is 0 Å². The van der Waals surface area contributed by atoms with E-state index in [1.807, 2.05) is 6.08 Å². The highest BCUT2D eigenvalue weighted by Crippen LogP contribution is 2.55. The molecule has 0 spiro atoms. The van der Waals surface area contributed by atoms with Gasteiger partial charge < -0.3 is 0 Å². The normalized spacial score (nSPS) is 50.1. The molecule has 0 radical (unpaired) electrons. The first kappa shape index (κ1) is 7.81. The molecule has 0 aliphatic heterocycles. The Bertz CT molecular complexity index is 318. The maximum Gasteiger partial charge on any atom is 0.228 e. The number of hydrogen-bond acceptors (Lipinski definition) is 1. The molecule has 3 rings (SSSR count). The Balaban J connectivity index is 1.96. The Morgan fingerprint density at radius 3 is 2.69 bits per heavy atom. The molecule has 3 aliphatic carbocycles. The summed E-state index contributed by atoms with van der Waals surface area (Å²) in [7, 11) is 0. The number of fused-ring (bicyclic) bond motifs is 5. The summed E-state index contributed by atoms with van der Waals surface area (Å²) in [4.78, 5) is 11.2. The van der Waals surface area contributed by atoms with Gasteiger partial charge in [0, 0.05) is 0 Å². The van der Waals surface area contributed by atoms with Gasteiger partial charge in [-0.05, 0) is 41.7 Å². The van der Waals surface area contributed by atoms with Crippen LogP contribution in [-0.2, 0) is 4.79 Å². The van der Waals surface area contributed by atoms with Crippen LogP contribution in [0.5, 0.6) is 0 Å². The standard InChI is InChI=1S/C11H11ClO/c12-11(13)9-4-3-8-6-1-2-7(5-6)10(8)9/h1-4,6-10H,5H2. The number of carbonyl (C=O) groups is 1. The van der Waals surface area contributed by atoms with Crippen LogP contribution in [-0.4, -0.2) is 5.24 Å². The van der Waals surface area contributed by atoms with Crippen molar-refractivity contribution in [2.24, 2.45) is 29.6 Å². The van der Waals surface area contributed by atoms with Gasteiger partial charge in [0.2, 0.25) is 5.24 Å². The number of rotatable bonds is 1. The van der Waals surface area contributed by atoms with Crippen LogP contribution in [0.4, 0.5) is 0 Å². The van der Waals surface area contributed by atoms with Gasteiger partial charge in [0.1, 0.15) is 0 Å². The molecule has 2 bridgehead atoms. The minimum absolute atomic E-state index is 0.00776. The molecular weight excluding hydrogens is 184 g/mol. The molecule has 2 heteroatoms. The first-order valence-electron chi connectivity index (χ1n) is 4.83. The van der Waals surface area contributed by atoms with E-state index >= 15 is 0 Å². The first-order chi connectivity index (χ1) is 6.27.